The summed E-state index contributed by atoms with van der Waals surface area (Å²) in [4.78, 5) is 3.84. The topological polar surface area (TPSA) is 22.1 Å². The fraction of sp³-hybridized carbons (Fsp3) is 0.375. The average molecular weight is 234 g/mol. The van der Waals surface area contributed by atoms with Gasteiger partial charge in [0.25, 0.3) is 0 Å². The van der Waals surface area contributed by atoms with Gasteiger partial charge in [0.1, 0.15) is 0 Å². The number of halogens is 2. The maximum absolute atomic E-state index is 12.9. The summed E-state index contributed by atoms with van der Waals surface area (Å²) in [6, 6.07) is 1.59. The Labute approximate surface area is 78.9 Å². The van der Waals surface area contributed by atoms with Crippen LogP contribution in [-0.4, -0.2) is 11.6 Å². The molecule has 0 aliphatic heterocycles. The minimum absolute atomic E-state index is 0.266. The van der Waals surface area contributed by atoms with Gasteiger partial charge in [0.2, 0.25) is 0 Å². The second-order valence-corrected chi connectivity index (χ2v) is 2.73. The predicted octanol–water partition coefficient (Wildman–Crippen LogP) is 2.51. The summed E-state index contributed by atoms with van der Waals surface area (Å²) >= 11 is 3.23. The van der Waals surface area contributed by atoms with E-state index in [0.29, 0.717) is 11.9 Å². The van der Waals surface area contributed by atoms with Crippen LogP contribution in [0.1, 0.15) is 12.6 Å². The van der Waals surface area contributed by atoms with Gasteiger partial charge in [-0.15, -0.1) is 0 Å². The van der Waals surface area contributed by atoms with Crippen LogP contribution in [0.4, 0.5) is 4.39 Å². The Morgan fingerprint density at radius 3 is 3.00 bits per heavy atom. The molecule has 4 heteroatoms. The van der Waals surface area contributed by atoms with Crippen LogP contribution in [0.5, 0.6) is 5.75 Å². The Bertz CT molecular complexity index is 267. The van der Waals surface area contributed by atoms with Crippen molar-refractivity contribution in [2.45, 2.75) is 12.3 Å². The minimum Gasteiger partial charge on any atom is -0.491 e. The Balaban J connectivity index is 2.91. The molecule has 0 bridgehead atoms. The van der Waals surface area contributed by atoms with Crippen LogP contribution in [0.3, 0.4) is 0 Å². The number of alkyl halides is 1. The lowest BCUT2D eigenvalue weighted by atomic mass is 10.3. The standard InChI is InChI=1S/C8H9BrFNO/c1-2-12-8-3-6(4-9)11-5-7(8)10/h3,5H,2,4H2,1H3. The number of rotatable bonds is 3. The van der Waals surface area contributed by atoms with Crippen molar-refractivity contribution in [3.63, 3.8) is 0 Å². The van der Waals surface area contributed by atoms with Gasteiger partial charge in [0.05, 0.1) is 18.5 Å². The van der Waals surface area contributed by atoms with E-state index in [1.54, 1.807) is 6.07 Å². The van der Waals surface area contributed by atoms with Crippen molar-refractivity contribution in [3.8, 4) is 5.75 Å². The van der Waals surface area contributed by atoms with E-state index in [4.69, 9.17) is 4.74 Å². The second kappa shape index (κ2) is 4.40. The molecule has 1 aromatic heterocycles. The van der Waals surface area contributed by atoms with Gasteiger partial charge in [-0.05, 0) is 6.92 Å². The Morgan fingerprint density at radius 2 is 2.42 bits per heavy atom. The summed E-state index contributed by atoms with van der Waals surface area (Å²) in [7, 11) is 0. The normalized spacial score (nSPS) is 9.92. The van der Waals surface area contributed by atoms with E-state index in [9.17, 15) is 4.39 Å². The lowest BCUT2D eigenvalue weighted by Crippen LogP contribution is -1.97. The van der Waals surface area contributed by atoms with Crippen LogP contribution in [-0.2, 0) is 5.33 Å². The fourth-order valence-corrected chi connectivity index (χ4v) is 1.11. The zero-order valence-corrected chi connectivity index (χ0v) is 8.27. The Morgan fingerprint density at radius 1 is 1.67 bits per heavy atom. The van der Waals surface area contributed by atoms with Crippen LogP contribution in [0.2, 0.25) is 0 Å². The molecule has 1 rings (SSSR count). The van der Waals surface area contributed by atoms with Gasteiger partial charge < -0.3 is 4.74 Å². The average Bonchev–Trinajstić information content (AvgIpc) is 2.09. The van der Waals surface area contributed by atoms with Crippen molar-refractivity contribution in [2.24, 2.45) is 0 Å². The lowest BCUT2D eigenvalue weighted by Gasteiger charge is -2.04. The molecule has 0 aliphatic carbocycles. The van der Waals surface area contributed by atoms with Crippen molar-refractivity contribution < 1.29 is 9.13 Å². The quantitative estimate of drug-likeness (QED) is 0.749. The smallest absolute Gasteiger partial charge is 0.183 e. The van der Waals surface area contributed by atoms with Crippen molar-refractivity contribution in [1.29, 1.82) is 0 Å². The molecule has 1 aromatic rings. The summed E-state index contributed by atoms with van der Waals surface area (Å²) in [5.74, 6) is -0.150. The number of pyridine rings is 1. The monoisotopic (exact) mass is 233 g/mol. The first-order chi connectivity index (χ1) is 5.77. The third-order valence-corrected chi connectivity index (χ3v) is 1.89. The molecular formula is C8H9BrFNO. The summed E-state index contributed by atoms with van der Waals surface area (Å²) < 4.78 is 17.9. The molecule has 0 radical (unpaired) electrons. The molecule has 0 saturated heterocycles. The molecule has 66 valence electrons. The second-order valence-electron chi connectivity index (χ2n) is 2.17. The fourth-order valence-electron chi connectivity index (χ4n) is 0.800. The van der Waals surface area contributed by atoms with E-state index < -0.39 is 5.82 Å². The summed E-state index contributed by atoms with van der Waals surface area (Å²) in [5.41, 5.74) is 0.764. The zero-order valence-electron chi connectivity index (χ0n) is 6.68. The molecule has 0 atom stereocenters. The summed E-state index contributed by atoms with van der Waals surface area (Å²) in [6.45, 7) is 2.27. The van der Waals surface area contributed by atoms with Crippen LogP contribution in [0.15, 0.2) is 12.3 Å². The van der Waals surface area contributed by atoms with E-state index >= 15 is 0 Å². The van der Waals surface area contributed by atoms with Gasteiger partial charge in [-0.3, -0.25) is 4.98 Å². The van der Waals surface area contributed by atoms with E-state index in [-0.39, 0.29) is 5.75 Å². The van der Waals surface area contributed by atoms with Crippen molar-refractivity contribution in [3.05, 3.63) is 23.8 Å². The third-order valence-electron chi connectivity index (χ3n) is 1.31. The van der Waals surface area contributed by atoms with E-state index in [0.717, 1.165) is 5.69 Å². The molecule has 0 saturated carbocycles. The SMILES string of the molecule is CCOc1cc(CBr)ncc1F. The summed E-state index contributed by atoms with van der Waals surface area (Å²) in [5, 5.41) is 0.605. The number of nitrogens with zero attached hydrogens (tertiary/aromatic N) is 1. The van der Waals surface area contributed by atoms with Crippen LogP contribution >= 0.6 is 15.9 Å². The number of ether oxygens (including phenoxy) is 1. The van der Waals surface area contributed by atoms with Gasteiger partial charge in [-0.1, -0.05) is 15.9 Å². The number of hydrogen-bond acceptors (Lipinski definition) is 2. The highest BCUT2D eigenvalue weighted by Crippen LogP contribution is 2.17. The highest BCUT2D eigenvalue weighted by atomic mass is 79.9. The number of hydrogen-bond donors (Lipinski definition) is 0. The molecule has 0 aromatic carbocycles. The highest BCUT2D eigenvalue weighted by molar-refractivity contribution is 9.08. The zero-order chi connectivity index (χ0) is 8.97. The van der Waals surface area contributed by atoms with Crippen molar-refractivity contribution in [1.82, 2.24) is 4.98 Å². The molecule has 0 fully saturated rings. The molecule has 0 spiro atoms. The van der Waals surface area contributed by atoms with Crippen LogP contribution < -0.4 is 4.74 Å². The first kappa shape index (κ1) is 9.45. The van der Waals surface area contributed by atoms with Gasteiger partial charge in [0.15, 0.2) is 11.6 Å². The summed E-state index contributed by atoms with van der Waals surface area (Å²) in [6.07, 6.45) is 1.17. The Kier molecular flexibility index (Phi) is 3.47. The van der Waals surface area contributed by atoms with Gasteiger partial charge in [-0.25, -0.2) is 4.39 Å². The largest absolute Gasteiger partial charge is 0.491 e. The molecule has 0 aliphatic rings. The van der Waals surface area contributed by atoms with Gasteiger partial charge in [-0.2, -0.15) is 0 Å². The number of aromatic nitrogens is 1. The van der Waals surface area contributed by atoms with Gasteiger partial charge in [0, 0.05) is 11.4 Å². The maximum Gasteiger partial charge on any atom is 0.183 e. The first-order valence-electron chi connectivity index (χ1n) is 3.61. The van der Waals surface area contributed by atoms with Gasteiger partial charge >= 0.3 is 0 Å². The lowest BCUT2D eigenvalue weighted by molar-refractivity contribution is 0.320. The molecule has 0 unspecified atom stereocenters. The molecular weight excluding hydrogens is 225 g/mol. The predicted molar refractivity (Wildman–Crippen MR) is 48.0 cm³/mol. The maximum atomic E-state index is 12.9. The first-order valence-corrected chi connectivity index (χ1v) is 4.73. The third kappa shape index (κ3) is 2.17. The van der Waals surface area contributed by atoms with Crippen molar-refractivity contribution in [2.75, 3.05) is 6.61 Å². The van der Waals surface area contributed by atoms with E-state index in [2.05, 4.69) is 20.9 Å². The molecule has 0 N–H and O–H groups in total. The molecule has 2 nitrogen and oxygen atoms in total. The van der Waals surface area contributed by atoms with E-state index in [1.165, 1.54) is 6.20 Å². The van der Waals surface area contributed by atoms with E-state index in [1.807, 2.05) is 6.92 Å². The molecule has 1 heterocycles. The molecule has 12 heavy (non-hydrogen) atoms. The van der Waals surface area contributed by atoms with Crippen molar-refractivity contribution >= 4 is 15.9 Å². The molecule has 0 amide bonds. The minimum atomic E-state index is -0.415. The van der Waals surface area contributed by atoms with Crippen LogP contribution in [0.25, 0.3) is 0 Å². The van der Waals surface area contributed by atoms with Crippen LogP contribution in [0, 0.1) is 5.82 Å². The Hall–Kier alpha value is -0.640. The highest BCUT2D eigenvalue weighted by Gasteiger charge is 2.03.